The first kappa shape index (κ1) is 11.3. The number of fused-ring (bicyclic) bond motifs is 3. The van der Waals surface area contributed by atoms with Crippen LogP contribution >= 0.6 is 0 Å². The molecular weight excluding hydrogens is 248 g/mol. The molecule has 0 unspecified atom stereocenters. The van der Waals surface area contributed by atoms with Gasteiger partial charge in [0.1, 0.15) is 5.39 Å². The highest BCUT2D eigenvalue weighted by molar-refractivity contribution is 6.04. The van der Waals surface area contributed by atoms with E-state index in [9.17, 15) is 14.7 Å². The number of aromatic hydroxyl groups is 1. The molecule has 3 rings (SSSR count). The van der Waals surface area contributed by atoms with Crippen molar-refractivity contribution in [2.75, 3.05) is 5.73 Å². The fourth-order valence-corrected chi connectivity index (χ4v) is 2.16. The van der Waals surface area contributed by atoms with E-state index in [1.54, 1.807) is 31.3 Å². The van der Waals surface area contributed by atoms with E-state index in [2.05, 4.69) is 0 Å². The number of hydrogen-bond acceptors (Lipinski definition) is 5. The lowest BCUT2D eigenvalue weighted by molar-refractivity contribution is 0.471. The third-order valence-corrected chi connectivity index (χ3v) is 3.16. The number of nitrogens with two attached hydrogens (primary N) is 1. The molecule has 3 N–H and O–H groups in total. The summed E-state index contributed by atoms with van der Waals surface area (Å²) < 4.78 is 6.44. The van der Waals surface area contributed by atoms with Gasteiger partial charge in [-0.05, 0) is 12.1 Å². The van der Waals surface area contributed by atoms with Crippen LogP contribution in [0.25, 0.3) is 21.9 Å². The van der Waals surface area contributed by atoms with Gasteiger partial charge in [-0.25, -0.2) is 4.79 Å². The van der Waals surface area contributed by atoms with Crippen LogP contribution in [0.15, 0.2) is 38.3 Å². The second kappa shape index (κ2) is 3.61. The van der Waals surface area contributed by atoms with Crippen LogP contribution in [0.1, 0.15) is 0 Å². The van der Waals surface area contributed by atoms with Crippen LogP contribution in [0.4, 0.5) is 5.69 Å². The first-order valence-corrected chi connectivity index (χ1v) is 5.55. The number of rotatable bonds is 0. The Bertz CT molecular complexity index is 937. The molecule has 2 heterocycles. The summed E-state index contributed by atoms with van der Waals surface area (Å²) in [6, 6.07) is 6.95. The van der Waals surface area contributed by atoms with Crippen LogP contribution in [-0.4, -0.2) is 9.67 Å². The Balaban J connectivity index is 2.79. The molecule has 6 heteroatoms. The molecule has 96 valence electrons. The number of benzene rings is 1. The summed E-state index contributed by atoms with van der Waals surface area (Å²) >= 11 is 0. The zero-order chi connectivity index (χ0) is 13.7. The predicted molar refractivity (Wildman–Crippen MR) is 71.3 cm³/mol. The van der Waals surface area contributed by atoms with Gasteiger partial charge in [0.05, 0.1) is 5.52 Å². The highest BCUT2D eigenvalue weighted by atomic mass is 16.4. The molecule has 0 atom stereocenters. The molecule has 0 fully saturated rings. The Hall–Kier alpha value is -2.76. The van der Waals surface area contributed by atoms with Crippen molar-refractivity contribution in [3.05, 3.63) is 45.0 Å². The maximum absolute atomic E-state index is 12.2. The zero-order valence-corrected chi connectivity index (χ0v) is 10.0. The molecule has 0 aliphatic carbocycles. The molecule has 0 amide bonds. The second-order valence-electron chi connectivity index (χ2n) is 4.24. The fraction of sp³-hybridized carbons (Fsp3) is 0.0769. The zero-order valence-electron chi connectivity index (χ0n) is 10.0. The normalized spacial score (nSPS) is 11.2. The van der Waals surface area contributed by atoms with Crippen molar-refractivity contribution in [3.63, 3.8) is 0 Å². The van der Waals surface area contributed by atoms with Crippen LogP contribution in [0.2, 0.25) is 0 Å². The van der Waals surface area contributed by atoms with Crippen molar-refractivity contribution in [2.24, 2.45) is 7.05 Å². The molecule has 2 aromatic heterocycles. The van der Waals surface area contributed by atoms with Gasteiger partial charge in [-0.3, -0.25) is 4.79 Å². The molecule has 6 nitrogen and oxygen atoms in total. The van der Waals surface area contributed by atoms with E-state index in [0.717, 1.165) is 0 Å². The van der Waals surface area contributed by atoms with Crippen LogP contribution in [0.5, 0.6) is 5.75 Å². The van der Waals surface area contributed by atoms with Crippen molar-refractivity contribution >= 4 is 27.6 Å². The summed E-state index contributed by atoms with van der Waals surface area (Å²) in [5.41, 5.74) is 4.27. The van der Waals surface area contributed by atoms with Crippen LogP contribution in [0.3, 0.4) is 0 Å². The summed E-state index contributed by atoms with van der Waals surface area (Å²) in [6.45, 7) is 0. The number of aromatic nitrogens is 1. The average molecular weight is 258 g/mol. The highest BCUT2D eigenvalue weighted by Crippen LogP contribution is 2.29. The van der Waals surface area contributed by atoms with Crippen molar-refractivity contribution in [3.8, 4) is 5.75 Å². The SMILES string of the molecule is Cn1c(=O)c2c(O)c(N)c(=O)oc2c2ccccc21. The maximum atomic E-state index is 12.2. The minimum atomic E-state index is -0.858. The van der Waals surface area contributed by atoms with Crippen LogP contribution in [0, 0.1) is 0 Å². The van der Waals surface area contributed by atoms with E-state index in [0.29, 0.717) is 10.9 Å². The Morgan fingerprint density at radius 1 is 1.26 bits per heavy atom. The van der Waals surface area contributed by atoms with Gasteiger partial charge in [-0.1, -0.05) is 12.1 Å². The number of pyridine rings is 1. The van der Waals surface area contributed by atoms with E-state index in [1.165, 1.54) is 4.57 Å². The largest absolute Gasteiger partial charge is 0.505 e. The Morgan fingerprint density at radius 2 is 1.95 bits per heavy atom. The third kappa shape index (κ3) is 1.36. The van der Waals surface area contributed by atoms with Gasteiger partial charge in [0.15, 0.2) is 17.0 Å². The highest BCUT2D eigenvalue weighted by Gasteiger charge is 2.18. The summed E-state index contributed by atoms with van der Waals surface area (Å²) in [7, 11) is 1.57. The Kier molecular flexibility index (Phi) is 2.16. The van der Waals surface area contributed by atoms with E-state index in [-0.39, 0.29) is 11.0 Å². The predicted octanol–water partition coefficient (Wildman–Crippen LogP) is 0.933. The first-order valence-electron chi connectivity index (χ1n) is 5.55. The van der Waals surface area contributed by atoms with Gasteiger partial charge in [0.25, 0.3) is 5.56 Å². The van der Waals surface area contributed by atoms with E-state index < -0.39 is 22.6 Å². The molecule has 19 heavy (non-hydrogen) atoms. The number of anilines is 1. The molecule has 0 bridgehead atoms. The van der Waals surface area contributed by atoms with Gasteiger partial charge in [0.2, 0.25) is 0 Å². The number of aryl methyl sites for hydroxylation is 1. The Labute approximate surface area is 106 Å². The molecule has 0 spiro atoms. The lowest BCUT2D eigenvalue weighted by atomic mass is 10.1. The van der Waals surface area contributed by atoms with Crippen molar-refractivity contribution in [2.45, 2.75) is 0 Å². The number of hydrogen-bond donors (Lipinski definition) is 2. The Morgan fingerprint density at radius 3 is 2.68 bits per heavy atom. The number of nitrogen functional groups attached to an aromatic ring is 1. The second-order valence-corrected chi connectivity index (χ2v) is 4.24. The topological polar surface area (TPSA) is 98.5 Å². The molecule has 0 aliphatic rings. The molecular formula is C13H10N2O4. The molecule has 0 aliphatic heterocycles. The molecule has 0 saturated carbocycles. The minimum absolute atomic E-state index is 0.0513. The van der Waals surface area contributed by atoms with Gasteiger partial charge in [-0.2, -0.15) is 0 Å². The quantitative estimate of drug-likeness (QED) is 0.584. The van der Waals surface area contributed by atoms with Crippen LogP contribution in [-0.2, 0) is 7.05 Å². The molecule has 0 radical (unpaired) electrons. The number of para-hydroxylation sites is 1. The lowest BCUT2D eigenvalue weighted by Crippen LogP contribution is -2.19. The van der Waals surface area contributed by atoms with E-state index >= 15 is 0 Å². The van der Waals surface area contributed by atoms with Gasteiger partial charge < -0.3 is 19.8 Å². The van der Waals surface area contributed by atoms with Crippen molar-refractivity contribution < 1.29 is 9.52 Å². The summed E-state index contributed by atoms with van der Waals surface area (Å²) in [4.78, 5) is 23.7. The summed E-state index contributed by atoms with van der Waals surface area (Å²) in [5, 5.41) is 10.4. The molecule has 0 saturated heterocycles. The minimum Gasteiger partial charge on any atom is -0.505 e. The van der Waals surface area contributed by atoms with Gasteiger partial charge >= 0.3 is 5.63 Å². The van der Waals surface area contributed by atoms with Crippen molar-refractivity contribution in [1.29, 1.82) is 0 Å². The van der Waals surface area contributed by atoms with Crippen molar-refractivity contribution in [1.82, 2.24) is 4.57 Å². The van der Waals surface area contributed by atoms with E-state index in [4.69, 9.17) is 10.2 Å². The maximum Gasteiger partial charge on any atom is 0.363 e. The van der Waals surface area contributed by atoms with Gasteiger partial charge in [0, 0.05) is 12.4 Å². The monoisotopic (exact) mass is 258 g/mol. The average Bonchev–Trinajstić information content (AvgIpc) is 2.42. The standard InChI is InChI=1S/C13H10N2O4/c1-15-7-5-3-2-4-6(7)11-8(12(15)17)10(16)9(14)13(18)19-11/h2-5,16H,14H2,1H3. The number of nitrogens with zero attached hydrogens (tertiary/aromatic N) is 1. The molecule has 1 aromatic carbocycles. The van der Waals surface area contributed by atoms with E-state index in [1.807, 2.05) is 0 Å². The smallest absolute Gasteiger partial charge is 0.363 e. The van der Waals surface area contributed by atoms with Crippen LogP contribution < -0.4 is 16.9 Å². The summed E-state index contributed by atoms with van der Waals surface area (Å²) in [6.07, 6.45) is 0. The third-order valence-electron chi connectivity index (χ3n) is 3.16. The fourth-order valence-electron chi connectivity index (χ4n) is 2.16. The first-order chi connectivity index (χ1) is 9.02. The molecule has 3 aromatic rings. The lowest BCUT2D eigenvalue weighted by Gasteiger charge is -2.09. The van der Waals surface area contributed by atoms with Gasteiger partial charge in [-0.15, -0.1) is 0 Å². The summed E-state index contributed by atoms with van der Waals surface area (Å²) in [5.74, 6) is -0.530.